The highest BCUT2D eigenvalue weighted by atomic mass is 19.1. The van der Waals surface area contributed by atoms with Crippen LogP contribution in [-0.2, 0) is 0 Å². The summed E-state index contributed by atoms with van der Waals surface area (Å²) in [6.07, 6.45) is 3.75. The summed E-state index contributed by atoms with van der Waals surface area (Å²) >= 11 is 0. The third-order valence-corrected chi connectivity index (χ3v) is 3.17. The molecule has 1 aliphatic rings. The lowest BCUT2D eigenvalue weighted by Gasteiger charge is -2.19. The maximum atomic E-state index is 13.1. The number of rotatable bonds is 4. The van der Waals surface area contributed by atoms with Crippen LogP contribution in [0.15, 0.2) is 18.2 Å². The number of halogens is 1. The number of hydrogen-bond donors (Lipinski definition) is 1. The van der Waals surface area contributed by atoms with Gasteiger partial charge in [0.2, 0.25) is 0 Å². The molecule has 1 atom stereocenters. The first-order valence-electron chi connectivity index (χ1n) is 5.73. The van der Waals surface area contributed by atoms with Crippen molar-refractivity contribution in [3.05, 3.63) is 29.6 Å². The lowest BCUT2D eigenvalue weighted by Crippen LogP contribution is -2.21. The fourth-order valence-corrected chi connectivity index (χ4v) is 2.00. The van der Waals surface area contributed by atoms with Gasteiger partial charge in [-0.1, -0.05) is 13.0 Å². The van der Waals surface area contributed by atoms with Gasteiger partial charge in [-0.2, -0.15) is 0 Å². The molecule has 1 nitrogen and oxygen atoms in total. The van der Waals surface area contributed by atoms with Crippen LogP contribution in [-0.4, -0.2) is 6.04 Å². The summed E-state index contributed by atoms with van der Waals surface area (Å²) in [5, 5.41) is 3.46. The first-order chi connectivity index (χ1) is 7.20. The molecule has 0 amide bonds. The number of anilines is 1. The molecule has 0 radical (unpaired) electrons. The third kappa shape index (κ3) is 2.49. The molecular weight excluding hydrogens is 189 g/mol. The number of benzene rings is 1. The molecule has 1 N–H and O–H groups in total. The van der Waals surface area contributed by atoms with E-state index in [4.69, 9.17) is 0 Å². The maximum Gasteiger partial charge on any atom is 0.125 e. The molecule has 2 rings (SSSR count). The van der Waals surface area contributed by atoms with E-state index in [1.165, 1.54) is 18.9 Å². The van der Waals surface area contributed by atoms with E-state index in [2.05, 4.69) is 12.2 Å². The van der Waals surface area contributed by atoms with E-state index in [9.17, 15) is 4.39 Å². The number of hydrogen-bond acceptors (Lipinski definition) is 1. The van der Waals surface area contributed by atoms with Gasteiger partial charge in [0.25, 0.3) is 0 Å². The molecule has 0 aliphatic heterocycles. The molecule has 1 saturated carbocycles. The van der Waals surface area contributed by atoms with E-state index in [1.54, 1.807) is 6.07 Å². The van der Waals surface area contributed by atoms with Crippen molar-refractivity contribution in [2.45, 2.75) is 39.2 Å². The van der Waals surface area contributed by atoms with Crippen molar-refractivity contribution in [3.63, 3.8) is 0 Å². The summed E-state index contributed by atoms with van der Waals surface area (Å²) in [7, 11) is 0. The predicted octanol–water partition coefficient (Wildman–Crippen LogP) is 3.73. The third-order valence-electron chi connectivity index (χ3n) is 3.17. The van der Waals surface area contributed by atoms with E-state index in [-0.39, 0.29) is 5.82 Å². The second-order valence-electron chi connectivity index (χ2n) is 4.46. The molecular formula is C13H18FN. The molecule has 0 aromatic heterocycles. The van der Waals surface area contributed by atoms with E-state index < -0.39 is 0 Å². The zero-order valence-electron chi connectivity index (χ0n) is 9.39. The topological polar surface area (TPSA) is 12.0 Å². The smallest absolute Gasteiger partial charge is 0.125 e. The maximum absolute atomic E-state index is 13.1. The first kappa shape index (κ1) is 10.5. The minimum atomic E-state index is -0.159. The van der Waals surface area contributed by atoms with Crippen molar-refractivity contribution >= 4 is 5.69 Å². The van der Waals surface area contributed by atoms with Crippen LogP contribution < -0.4 is 5.32 Å². The monoisotopic (exact) mass is 207 g/mol. The second-order valence-corrected chi connectivity index (χ2v) is 4.46. The standard InChI is InChI=1S/C13H18FN/c1-3-12(10-5-6-10)15-13-8-11(14)7-4-9(13)2/h4,7-8,10,12,15H,3,5-6H2,1-2H3. The Kier molecular flexibility index (Phi) is 2.94. The van der Waals surface area contributed by atoms with Crippen LogP contribution in [0.25, 0.3) is 0 Å². The van der Waals surface area contributed by atoms with Crippen LogP contribution in [0.5, 0.6) is 0 Å². The van der Waals surface area contributed by atoms with E-state index in [0.29, 0.717) is 6.04 Å². The summed E-state index contributed by atoms with van der Waals surface area (Å²) < 4.78 is 13.1. The van der Waals surface area contributed by atoms with Crippen molar-refractivity contribution in [2.75, 3.05) is 5.32 Å². The SMILES string of the molecule is CCC(Nc1cc(F)ccc1C)C1CC1. The van der Waals surface area contributed by atoms with Crippen LogP contribution in [0.2, 0.25) is 0 Å². The van der Waals surface area contributed by atoms with Crippen molar-refractivity contribution in [3.8, 4) is 0 Å². The molecule has 1 aromatic rings. The average molecular weight is 207 g/mol. The molecule has 0 bridgehead atoms. The molecule has 82 valence electrons. The van der Waals surface area contributed by atoms with Gasteiger partial charge >= 0.3 is 0 Å². The van der Waals surface area contributed by atoms with Gasteiger partial charge in [-0.25, -0.2) is 4.39 Å². The van der Waals surface area contributed by atoms with Crippen molar-refractivity contribution in [1.29, 1.82) is 0 Å². The van der Waals surface area contributed by atoms with Gasteiger partial charge in [-0.3, -0.25) is 0 Å². The molecule has 0 heterocycles. The van der Waals surface area contributed by atoms with E-state index in [0.717, 1.165) is 23.6 Å². The Morgan fingerprint density at radius 3 is 2.80 bits per heavy atom. The van der Waals surface area contributed by atoms with Crippen molar-refractivity contribution < 1.29 is 4.39 Å². The van der Waals surface area contributed by atoms with E-state index >= 15 is 0 Å². The molecule has 2 heteroatoms. The van der Waals surface area contributed by atoms with Gasteiger partial charge in [-0.05, 0) is 49.8 Å². The Balaban J connectivity index is 2.11. The van der Waals surface area contributed by atoms with Gasteiger partial charge in [-0.15, -0.1) is 0 Å². The molecule has 15 heavy (non-hydrogen) atoms. The summed E-state index contributed by atoms with van der Waals surface area (Å²) in [5.41, 5.74) is 2.07. The Labute approximate surface area is 90.7 Å². The first-order valence-corrected chi connectivity index (χ1v) is 5.73. The predicted molar refractivity (Wildman–Crippen MR) is 61.6 cm³/mol. The summed E-state index contributed by atoms with van der Waals surface area (Å²) in [6.45, 7) is 4.20. The Morgan fingerprint density at radius 2 is 2.20 bits per heavy atom. The fourth-order valence-electron chi connectivity index (χ4n) is 2.00. The number of aryl methyl sites for hydroxylation is 1. The Morgan fingerprint density at radius 1 is 1.47 bits per heavy atom. The van der Waals surface area contributed by atoms with Gasteiger partial charge in [0, 0.05) is 11.7 Å². The van der Waals surface area contributed by atoms with Crippen LogP contribution in [0.1, 0.15) is 31.7 Å². The van der Waals surface area contributed by atoms with E-state index in [1.807, 2.05) is 13.0 Å². The van der Waals surface area contributed by atoms with Gasteiger partial charge in [0.15, 0.2) is 0 Å². The van der Waals surface area contributed by atoms with Gasteiger partial charge in [0.05, 0.1) is 0 Å². The molecule has 1 unspecified atom stereocenters. The van der Waals surface area contributed by atoms with Crippen LogP contribution in [0.4, 0.5) is 10.1 Å². The molecule has 1 fully saturated rings. The fraction of sp³-hybridized carbons (Fsp3) is 0.538. The second kappa shape index (κ2) is 4.21. The lowest BCUT2D eigenvalue weighted by atomic mass is 10.1. The summed E-state index contributed by atoms with van der Waals surface area (Å²) in [6, 6.07) is 5.46. The highest BCUT2D eigenvalue weighted by molar-refractivity contribution is 5.51. The summed E-state index contributed by atoms with van der Waals surface area (Å²) in [4.78, 5) is 0. The minimum Gasteiger partial charge on any atom is -0.382 e. The Hall–Kier alpha value is -1.05. The van der Waals surface area contributed by atoms with Gasteiger partial charge < -0.3 is 5.32 Å². The lowest BCUT2D eigenvalue weighted by molar-refractivity contribution is 0.609. The summed E-state index contributed by atoms with van der Waals surface area (Å²) in [5.74, 6) is 0.645. The molecule has 1 aliphatic carbocycles. The van der Waals surface area contributed by atoms with Crippen LogP contribution in [0, 0.1) is 18.7 Å². The zero-order chi connectivity index (χ0) is 10.8. The molecule has 0 spiro atoms. The van der Waals surface area contributed by atoms with Crippen LogP contribution in [0.3, 0.4) is 0 Å². The quantitative estimate of drug-likeness (QED) is 0.793. The van der Waals surface area contributed by atoms with Gasteiger partial charge in [0.1, 0.15) is 5.82 Å². The minimum absolute atomic E-state index is 0.159. The van der Waals surface area contributed by atoms with Crippen molar-refractivity contribution in [2.24, 2.45) is 5.92 Å². The number of nitrogens with one attached hydrogen (secondary N) is 1. The average Bonchev–Trinajstić information content (AvgIpc) is 3.03. The largest absolute Gasteiger partial charge is 0.382 e. The molecule has 0 saturated heterocycles. The Bertz CT molecular complexity index is 344. The highest BCUT2D eigenvalue weighted by Crippen LogP contribution is 2.36. The normalized spacial score (nSPS) is 17.5. The van der Waals surface area contributed by atoms with Crippen LogP contribution >= 0.6 is 0 Å². The highest BCUT2D eigenvalue weighted by Gasteiger charge is 2.29. The van der Waals surface area contributed by atoms with Crippen molar-refractivity contribution in [1.82, 2.24) is 0 Å². The molecule has 1 aromatic carbocycles. The zero-order valence-corrected chi connectivity index (χ0v) is 9.39.